The van der Waals surface area contributed by atoms with Crippen molar-refractivity contribution in [1.82, 2.24) is 14.3 Å². The third kappa shape index (κ3) is 4.04. The van der Waals surface area contributed by atoms with Crippen molar-refractivity contribution in [2.24, 2.45) is 0 Å². The summed E-state index contributed by atoms with van der Waals surface area (Å²) in [4.78, 5) is 21.0. The average Bonchev–Trinajstić information content (AvgIpc) is 3.18. The zero-order valence-electron chi connectivity index (χ0n) is 15.6. The van der Waals surface area contributed by atoms with Crippen molar-refractivity contribution in [2.75, 3.05) is 31.1 Å². The first kappa shape index (κ1) is 18.6. The fourth-order valence-corrected chi connectivity index (χ4v) is 3.98. The molecule has 3 aromatic rings. The molecule has 2 heterocycles. The molecule has 0 bridgehead atoms. The molecular formula is C21H21FN4OS. The van der Waals surface area contributed by atoms with E-state index in [1.807, 2.05) is 0 Å². The molecule has 0 spiro atoms. The molecule has 0 N–H and O–H groups in total. The van der Waals surface area contributed by atoms with Crippen LogP contribution < -0.4 is 4.90 Å². The third-order valence-corrected chi connectivity index (χ3v) is 5.70. The summed E-state index contributed by atoms with van der Waals surface area (Å²) in [6.07, 6.45) is 0.711. The molecule has 5 nitrogen and oxygen atoms in total. The molecule has 1 aliphatic rings. The van der Waals surface area contributed by atoms with Crippen LogP contribution in [0.2, 0.25) is 0 Å². The summed E-state index contributed by atoms with van der Waals surface area (Å²) in [6.45, 7) is 4.48. The highest BCUT2D eigenvalue weighted by Crippen LogP contribution is 2.21. The number of halogens is 1. The van der Waals surface area contributed by atoms with E-state index in [9.17, 15) is 9.18 Å². The fraction of sp³-hybridized carbons (Fsp3) is 0.286. The monoisotopic (exact) mass is 396 g/mol. The molecule has 1 aromatic heterocycles. The van der Waals surface area contributed by atoms with Gasteiger partial charge >= 0.3 is 0 Å². The molecule has 1 amide bonds. The number of piperazine rings is 1. The summed E-state index contributed by atoms with van der Waals surface area (Å²) in [5.41, 5.74) is 2.56. The fourth-order valence-electron chi connectivity index (χ4n) is 3.24. The van der Waals surface area contributed by atoms with Crippen LogP contribution in [0.15, 0.2) is 48.5 Å². The molecule has 0 atom stereocenters. The maximum absolute atomic E-state index is 13.9. The molecule has 7 heteroatoms. The minimum Gasteiger partial charge on any atom is -0.343 e. The lowest BCUT2D eigenvalue weighted by molar-refractivity contribution is 0.0742. The van der Waals surface area contributed by atoms with Crippen LogP contribution in [0.1, 0.15) is 27.3 Å². The maximum Gasteiger partial charge on any atom is 0.256 e. The topological polar surface area (TPSA) is 49.3 Å². The zero-order valence-corrected chi connectivity index (χ0v) is 16.5. The normalized spacial score (nSPS) is 14.4. The van der Waals surface area contributed by atoms with Crippen molar-refractivity contribution in [3.8, 4) is 0 Å². The molecule has 0 saturated carbocycles. The number of nitrogens with zero attached hydrogens (tertiary/aromatic N) is 4. The van der Waals surface area contributed by atoms with Gasteiger partial charge in [-0.15, -0.1) is 0 Å². The smallest absolute Gasteiger partial charge is 0.256 e. The SMILES string of the molecule is Cc1ccc(Cc2nsc(N3CCN(C(=O)c4ccccc4F)CC3)n2)cc1. The van der Waals surface area contributed by atoms with Crippen molar-refractivity contribution < 1.29 is 9.18 Å². The van der Waals surface area contributed by atoms with E-state index in [-0.39, 0.29) is 11.5 Å². The van der Waals surface area contributed by atoms with Crippen molar-refractivity contribution in [2.45, 2.75) is 13.3 Å². The Morgan fingerprint density at radius 1 is 1.07 bits per heavy atom. The third-order valence-electron chi connectivity index (χ3n) is 4.88. The Morgan fingerprint density at radius 2 is 1.79 bits per heavy atom. The van der Waals surface area contributed by atoms with E-state index in [2.05, 4.69) is 45.4 Å². The summed E-state index contributed by atoms with van der Waals surface area (Å²) in [6, 6.07) is 14.5. The summed E-state index contributed by atoms with van der Waals surface area (Å²) in [5.74, 6) is 0.0867. The summed E-state index contributed by atoms with van der Waals surface area (Å²) in [7, 11) is 0. The van der Waals surface area contributed by atoms with Crippen LogP contribution in [0, 0.1) is 12.7 Å². The zero-order chi connectivity index (χ0) is 19.5. The van der Waals surface area contributed by atoms with Gasteiger partial charge in [-0.05, 0) is 24.6 Å². The van der Waals surface area contributed by atoms with Gasteiger partial charge in [-0.25, -0.2) is 9.37 Å². The lowest BCUT2D eigenvalue weighted by Gasteiger charge is -2.34. The number of hydrogen-bond acceptors (Lipinski definition) is 5. The van der Waals surface area contributed by atoms with Gasteiger partial charge in [-0.1, -0.05) is 42.0 Å². The quantitative estimate of drug-likeness (QED) is 0.677. The Balaban J connectivity index is 1.36. The summed E-state index contributed by atoms with van der Waals surface area (Å²) in [5, 5.41) is 0.875. The lowest BCUT2D eigenvalue weighted by Crippen LogP contribution is -2.49. The van der Waals surface area contributed by atoms with Gasteiger partial charge in [0.25, 0.3) is 5.91 Å². The first-order valence-corrected chi connectivity index (χ1v) is 10.0. The molecule has 2 aromatic carbocycles. The van der Waals surface area contributed by atoms with Crippen LogP contribution in [0.3, 0.4) is 0 Å². The van der Waals surface area contributed by atoms with Crippen LogP contribution in [0.5, 0.6) is 0 Å². The van der Waals surface area contributed by atoms with Gasteiger partial charge in [0.05, 0.1) is 5.56 Å². The molecule has 4 rings (SSSR count). The summed E-state index contributed by atoms with van der Waals surface area (Å²) >= 11 is 1.39. The second-order valence-corrected chi connectivity index (χ2v) is 7.64. The number of anilines is 1. The highest BCUT2D eigenvalue weighted by atomic mass is 32.1. The van der Waals surface area contributed by atoms with E-state index in [1.54, 1.807) is 17.0 Å². The van der Waals surface area contributed by atoms with Crippen molar-refractivity contribution in [1.29, 1.82) is 0 Å². The van der Waals surface area contributed by atoms with Crippen molar-refractivity contribution >= 4 is 22.6 Å². The van der Waals surface area contributed by atoms with E-state index in [0.29, 0.717) is 32.6 Å². The Morgan fingerprint density at radius 3 is 2.50 bits per heavy atom. The Kier molecular flexibility index (Phi) is 5.34. The van der Waals surface area contributed by atoms with E-state index < -0.39 is 5.82 Å². The first-order valence-electron chi connectivity index (χ1n) is 9.27. The Hall–Kier alpha value is -2.80. The van der Waals surface area contributed by atoms with E-state index >= 15 is 0 Å². The summed E-state index contributed by atoms with van der Waals surface area (Å²) < 4.78 is 18.3. The highest BCUT2D eigenvalue weighted by molar-refractivity contribution is 7.09. The van der Waals surface area contributed by atoms with E-state index in [0.717, 1.165) is 11.0 Å². The van der Waals surface area contributed by atoms with Crippen LogP contribution in [-0.2, 0) is 6.42 Å². The van der Waals surface area contributed by atoms with Crippen molar-refractivity contribution in [3.05, 3.63) is 76.9 Å². The number of amides is 1. The van der Waals surface area contributed by atoms with Gasteiger partial charge in [-0.2, -0.15) is 4.37 Å². The lowest BCUT2D eigenvalue weighted by atomic mass is 10.1. The van der Waals surface area contributed by atoms with Gasteiger partial charge in [0, 0.05) is 44.1 Å². The number of hydrogen-bond donors (Lipinski definition) is 0. The first-order chi connectivity index (χ1) is 13.6. The second-order valence-electron chi connectivity index (χ2n) is 6.91. The van der Waals surface area contributed by atoms with Crippen LogP contribution >= 0.6 is 11.5 Å². The molecule has 144 valence electrons. The van der Waals surface area contributed by atoms with Gasteiger partial charge in [0.1, 0.15) is 11.6 Å². The minimum absolute atomic E-state index is 0.132. The predicted molar refractivity (Wildman–Crippen MR) is 108 cm³/mol. The van der Waals surface area contributed by atoms with Crippen LogP contribution in [0.25, 0.3) is 0 Å². The maximum atomic E-state index is 13.9. The molecule has 1 aliphatic heterocycles. The predicted octanol–water partition coefficient (Wildman–Crippen LogP) is 3.54. The number of rotatable bonds is 4. The van der Waals surface area contributed by atoms with Gasteiger partial charge < -0.3 is 9.80 Å². The number of carbonyl (C=O) groups is 1. The number of aromatic nitrogens is 2. The van der Waals surface area contributed by atoms with Crippen LogP contribution in [-0.4, -0.2) is 46.3 Å². The van der Waals surface area contributed by atoms with Gasteiger partial charge in [0.15, 0.2) is 0 Å². The van der Waals surface area contributed by atoms with Crippen LogP contribution in [0.4, 0.5) is 9.52 Å². The van der Waals surface area contributed by atoms with Gasteiger partial charge in [-0.3, -0.25) is 4.79 Å². The number of benzene rings is 2. The minimum atomic E-state index is -0.472. The second kappa shape index (κ2) is 8.06. The molecular weight excluding hydrogens is 375 g/mol. The Labute approximate surface area is 167 Å². The Bertz CT molecular complexity index is 965. The molecule has 0 aliphatic carbocycles. The van der Waals surface area contributed by atoms with E-state index in [1.165, 1.54) is 34.8 Å². The van der Waals surface area contributed by atoms with Gasteiger partial charge in [0.2, 0.25) is 5.13 Å². The van der Waals surface area contributed by atoms with Crippen molar-refractivity contribution in [3.63, 3.8) is 0 Å². The molecule has 28 heavy (non-hydrogen) atoms. The van der Waals surface area contributed by atoms with E-state index in [4.69, 9.17) is 0 Å². The standard InChI is InChI=1S/C21H21FN4OS/c1-15-6-8-16(9-7-15)14-19-23-21(28-24-19)26-12-10-25(11-13-26)20(27)17-4-2-3-5-18(17)22/h2-9H,10-14H2,1H3. The number of aryl methyl sites for hydroxylation is 1. The molecule has 1 fully saturated rings. The number of carbonyl (C=O) groups excluding carboxylic acids is 1. The molecule has 0 unspecified atom stereocenters. The average molecular weight is 396 g/mol. The largest absolute Gasteiger partial charge is 0.343 e. The molecule has 0 radical (unpaired) electrons. The highest BCUT2D eigenvalue weighted by Gasteiger charge is 2.25. The molecule has 1 saturated heterocycles.